The van der Waals surface area contributed by atoms with Crippen molar-refractivity contribution in [2.24, 2.45) is 0 Å². The van der Waals surface area contributed by atoms with Crippen molar-refractivity contribution >= 4 is 0 Å². The molecule has 1 unspecified atom stereocenters. The van der Waals surface area contributed by atoms with Gasteiger partial charge in [0.05, 0.1) is 5.69 Å². The third kappa shape index (κ3) is 1.54. The summed E-state index contributed by atoms with van der Waals surface area (Å²) in [5.41, 5.74) is 4.07. The van der Waals surface area contributed by atoms with Crippen molar-refractivity contribution in [3.05, 3.63) is 47.3 Å². The van der Waals surface area contributed by atoms with E-state index in [-0.39, 0.29) is 0 Å². The van der Waals surface area contributed by atoms with E-state index in [2.05, 4.69) is 39.7 Å². The fourth-order valence-corrected chi connectivity index (χ4v) is 2.36. The fraction of sp³-hybridized carbons (Fsp3) is 0.333. The molecule has 3 heteroatoms. The highest BCUT2D eigenvalue weighted by Crippen LogP contribution is 2.30. The lowest BCUT2D eigenvalue weighted by molar-refractivity contribution is 0.569. The molecule has 0 amide bonds. The minimum atomic E-state index is 0.540. The summed E-state index contributed by atoms with van der Waals surface area (Å²) < 4.78 is 0. The third-order valence-corrected chi connectivity index (χ3v) is 3.20. The van der Waals surface area contributed by atoms with E-state index in [0.29, 0.717) is 5.92 Å². The Kier molecular flexibility index (Phi) is 2.02. The van der Waals surface area contributed by atoms with E-state index in [9.17, 15) is 0 Å². The maximum Gasteiger partial charge on any atom is 0.0858 e. The van der Waals surface area contributed by atoms with Gasteiger partial charge in [-0.05, 0) is 30.4 Å². The van der Waals surface area contributed by atoms with E-state index in [1.165, 1.54) is 17.5 Å². The average molecular weight is 199 g/mol. The van der Waals surface area contributed by atoms with Gasteiger partial charge < -0.3 is 0 Å². The van der Waals surface area contributed by atoms with Crippen LogP contribution in [0.5, 0.6) is 0 Å². The topological polar surface area (TPSA) is 41.6 Å². The van der Waals surface area contributed by atoms with E-state index < -0.39 is 0 Å². The van der Waals surface area contributed by atoms with Gasteiger partial charge in [0.1, 0.15) is 0 Å². The summed E-state index contributed by atoms with van der Waals surface area (Å²) in [7, 11) is 0. The van der Waals surface area contributed by atoms with Crippen LogP contribution in [0.2, 0.25) is 0 Å². The Bertz CT molecular complexity index is 448. The first-order chi connectivity index (χ1) is 7.43. The SMILES string of the molecule is c1ccc2c(c1)CCC(c1c[nH]nn1)C2. The summed E-state index contributed by atoms with van der Waals surface area (Å²) in [5, 5.41) is 10.7. The molecule has 1 aromatic carbocycles. The van der Waals surface area contributed by atoms with Crippen LogP contribution >= 0.6 is 0 Å². The molecule has 76 valence electrons. The molecule has 3 nitrogen and oxygen atoms in total. The van der Waals surface area contributed by atoms with Gasteiger partial charge in [-0.1, -0.05) is 29.5 Å². The van der Waals surface area contributed by atoms with Crippen LogP contribution in [-0.4, -0.2) is 15.4 Å². The fourth-order valence-electron chi connectivity index (χ4n) is 2.36. The Hall–Kier alpha value is -1.64. The number of nitrogens with zero attached hydrogens (tertiary/aromatic N) is 2. The van der Waals surface area contributed by atoms with E-state index in [4.69, 9.17) is 0 Å². The molecular weight excluding hydrogens is 186 g/mol. The van der Waals surface area contributed by atoms with Crippen LogP contribution in [0.3, 0.4) is 0 Å². The first-order valence-corrected chi connectivity index (χ1v) is 5.36. The minimum absolute atomic E-state index is 0.540. The van der Waals surface area contributed by atoms with Gasteiger partial charge in [-0.25, -0.2) is 0 Å². The Labute approximate surface area is 88.5 Å². The second kappa shape index (κ2) is 3.50. The summed E-state index contributed by atoms with van der Waals surface area (Å²) in [6.07, 6.45) is 5.36. The van der Waals surface area contributed by atoms with E-state index >= 15 is 0 Å². The highest BCUT2D eigenvalue weighted by atomic mass is 15.3. The molecule has 0 radical (unpaired) electrons. The van der Waals surface area contributed by atoms with Crippen molar-refractivity contribution in [3.63, 3.8) is 0 Å². The number of aromatic amines is 1. The van der Waals surface area contributed by atoms with Gasteiger partial charge in [-0.2, -0.15) is 0 Å². The normalized spacial score (nSPS) is 19.9. The van der Waals surface area contributed by atoms with Crippen LogP contribution in [0.1, 0.15) is 29.2 Å². The summed E-state index contributed by atoms with van der Waals surface area (Å²) in [6.45, 7) is 0. The maximum atomic E-state index is 4.11. The molecule has 1 aliphatic rings. The molecule has 0 aliphatic heterocycles. The molecular formula is C12H13N3. The Morgan fingerprint density at radius 1 is 1.20 bits per heavy atom. The van der Waals surface area contributed by atoms with Gasteiger partial charge in [0.2, 0.25) is 0 Å². The number of aromatic nitrogens is 3. The van der Waals surface area contributed by atoms with Gasteiger partial charge in [0, 0.05) is 12.1 Å². The zero-order valence-corrected chi connectivity index (χ0v) is 8.48. The van der Waals surface area contributed by atoms with E-state index in [1.54, 1.807) is 0 Å². The lowest BCUT2D eigenvalue weighted by Gasteiger charge is -2.22. The number of nitrogens with one attached hydrogen (secondary N) is 1. The van der Waals surface area contributed by atoms with Crippen LogP contribution in [0, 0.1) is 0 Å². The molecule has 0 spiro atoms. The molecule has 2 aromatic rings. The maximum absolute atomic E-state index is 4.11. The van der Waals surface area contributed by atoms with Crippen LogP contribution in [0.25, 0.3) is 0 Å². The minimum Gasteiger partial charge on any atom is -0.265 e. The quantitative estimate of drug-likeness (QED) is 0.764. The molecule has 1 aliphatic carbocycles. The highest BCUT2D eigenvalue weighted by Gasteiger charge is 2.21. The number of hydrogen-bond acceptors (Lipinski definition) is 2. The molecule has 15 heavy (non-hydrogen) atoms. The van der Waals surface area contributed by atoms with Crippen LogP contribution in [0.15, 0.2) is 30.5 Å². The second-order valence-electron chi connectivity index (χ2n) is 4.11. The summed E-state index contributed by atoms with van der Waals surface area (Å²) in [4.78, 5) is 0. The predicted octanol–water partition coefficient (Wildman–Crippen LogP) is 2.08. The molecule has 3 rings (SSSR count). The van der Waals surface area contributed by atoms with Crippen molar-refractivity contribution in [1.29, 1.82) is 0 Å². The largest absolute Gasteiger partial charge is 0.265 e. The lowest BCUT2D eigenvalue weighted by atomic mass is 9.82. The number of H-pyrrole nitrogens is 1. The van der Waals surface area contributed by atoms with Crippen molar-refractivity contribution in [2.45, 2.75) is 25.2 Å². The average Bonchev–Trinajstić information content (AvgIpc) is 2.82. The number of hydrogen-bond donors (Lipinski definition) is 1. The van der Waals surface area contributed by atoms with Gasteiger partial charge in [0.15, 0.2) is 0 Å². The standard InChI is InChI=1S/C12H13N3/c1-2-4-10-7-11(6-5-9(10)3-1)12-8-13-15-14-12/h1-4,8,11H,5-7H2,(H,13,14,15). The number of fused-ring (bicyclic) bond motifs is 1. The summed E-state index contributed by atoms with van der Waals surface area (Å²) in [5.74, 6) is 0.540. The summed E-state index contributed by atoms with van der Waals surface area (Å²) in [6, 6.07) is 8.69. The molecule has 1 atom stereocenters. The van der Waals surface area contributed by atoms with Crippen LogP contribution < -0.4 is 0 Å². The molecule has 1 N–H and O–H groups in total. The van der Waals surface area contributed by atoms with Crippen LogP contribution in [0.4, 0.5) is 0 Å². The van der Waals surface area contributed by atoms with Crippen LogP contribution in [-0.2, 0) is 12.8 Å². The zero-order valence-electron chi connectivity index (χ0n) is 8.48. The van der Waals surface area contributed by atoms with Crippen molar-refractivity contribution in [1.82, 2.24) is 15.4 Å². The zero-order chi connectivity index (χ0) is 10.1. The van der Waals surface area contributed by atoms with Gasteiger partial charge >= 0.3 is 0 Å². The molecule has 0 saturated carbocycles. The first kappa shape index (κ1) is 8.65. The first-order valence-electron chi connectivity index (χ1n) is 5.36. The Balaban J connectivity index is 1.89. The molecule has 0 fully saturated rings. The Morgan fingerprint density at radius 2 is 2.07 bits per heavy atom. The smallest absolute Gasteiger partial charge is 0.0858 e. The summed E-state index contributed by atoms with van der Waals surface area (Å²) >= 11 is 0. The van der Waals surface area contributed by atoms with Crippen molar-refractivity contribution in [2.75, 3.05) is 0 Å². The van der Waals surface area contributed by atoms with Gasteiger partial charge in [-0.15, -0.1) is 5.10 Å². The monoisotopic (exact) mass is 199 g/mol. The highest BCUT2D eigenvalue weighted by molar-refractivity contribution is 5.31. The lowest BCUT2D eigenvalue weighted by Crippen LogP contribution is -2.12. The predicted molar refractivity (Wildman–Crippen MR) is 57.6 cm³/mol. The number of benzene rings is 1. The Morgan fingerprint density at radius 3 is 2.87 bits per heavy atom. The molecule has 0 saturated heterocycles. The second-order valence-corrected chi connectivity index (χ2v) is 4.11. The van der Waals surface area contributed by atoms with Crippen molar-refractivity contribution < 1.29 is 0 Å². The van der Waals surface area contributed by atoms with E-state index in [1.807, 2.05) is 6.20 Å². The molecule has 1 heterocycles. The number of aryl methyl sites for hydroxylation is 1. The van der Waals surface area contributed by atoms with E-state index in [0.717, 1.165) is 18.5 Å². The van der Waals surface area contributed by atoms with Gasteiger partial charge in [0.25, 0.3) is 0 Å². The number of rotatable bonds is 1. The van der Waals surface area contributed by atoms with Crippen molar-refractivity contribution in [3.8, 4) is 0 Å². The molecule has 1 aromatic heterocycles. The van der Waals surface area contributed by atoms with Gasteiger partial charge in [-0.3, -0.25) is 5.10 Å². The molecule has 0 bridgehead atoms. The third-order valence-electron chi connectivity index (χ3n) is 3.20.